The van der Waals surface area contributed by atoms with Crippen molar-refractivity contribution in [3.05, 3.63) is 94.5 Å². The van der Waals surface area contributed by atoms with Crippen molar-refractivity contribution in [1.29, 1.82) is 0 Å². The van der Waals surface area contributed by atoms with Crippen LogP contribution in [-0.4, -0.2) is 58.5 Å². The normalized spacial score (nSPS) is 14.1. The van der Waals surface area contributed by atoms with Crippen molar-refractivity contribution in [3.8, 4) is 11.5 Å². The van der Waals surface area contributed by atoms with Gasteiger partial charge in [0.1, 0.15) is 24.6 Å². The first-order valence-corrected chi connectivity index (χ1v) is 11.2. The van der Waals surface area contributed by atoms with Gasteiger partial charge < -0.3 is 9.47 Å². The van der Waals surface area contributed by atoms with Crippen molar-refractivity contribution in [3.63, 3.8) is 0 Å². The first kappa shape index (κ1) is 23.6. The molecule has 184 valence electrons. The Morgan fingerprint density at radius 3 is 1.22 bits per heavy atom. The van der Waals surface area contributed by atoms with Gasteiger partial charge in [0, 0.05) is 5.56 Å². The van der Waals surface area contributed by atoms with Crippen molar-refractivity contribution in [2.75, 3.05) is 13.1 Å². The van der Waals surface area contributed by atoms with E-state index in [1.54, 1.807) is 24.3 Å². The lowest BCUT2D eigenvalue weighted by Crippen LogP contribution is -2.37. The summed E-state index contributed by atoms with van der Waals surface area (Å²) in [4.78, 5) is 76.6. The summed E-state index contributed by atoms with van der Waals surface area (Å²) < 4.78 is 10.7. The van der Waals surface area contributed by atoms with Gasteiger partial charge in [0.05, 0.1) is 22.3 Å². The third-order valence-corrected chi connectivity index (χ3v) is 6.01. The number of hydrogen-bond acceptors (Lipinski definition) is 8. The predicted octanol–water partition coefficient (Wildman–Crippen LogP) is 2.40. The van der Waals surface area contributed by atoms with Crippen LogP contribution in [0.25, 0.3) is 0 Å². The standard InChI is InChI=1S/C27H18N2O8/c1-15-20(36-22(30)13-28-24(32)16-7-2-3-8-17(16)25(28)33)11-6-12-21(15)37-23(31)14-29-26(34)18-9-4-5-10-19(18)27(29)35/h2-12H,13-14H2,1H3. The van der Waals surface area contributed by atoms with Crippen LogP contribution in [-0.2, 0) is 9.59 Å². The lowest BCUT2D eigenvalue weighted by Gasteiger charge is -2.16. The Morgan fingerprint density at radius 2 is 0.892 bits per heavy atom. The first-order valence-electron chi connectivity index (χ1n) is 11.2. The number of carbonyl (C=O) groups excluding carboxylic acids is 6. The van der Waals surface area contributed by atoms with E-state index in [0.717, 1.165) is 9.80 Å². The van der Waals surface area contributed by atoms with Crippen molar-refractivity contribution in [1.82, 2.24) is 9.80 Å². The highest BCUT2D eigenvalue weighted by atomic mass is 16.5. The van der Waals surface area contributed by atoms with Crippen LogP contribution in [0.4, 0.5) is 0 Å². The average molecular weight is 498 g/mol. The molecule has 0 unspecified atom stereocenters. The number of hydrogen-bond donors (Lipinski definition) is 0. The molecule has 0 bridgehead atoms. The van der Waals surface area contributed by atoms with Gasteiger partial charge in [-0.1, -0.05) is 30.3 Å². The summed E-state index contributed by atoms with van der Waals surface area (Å²) in [6, 6.07) is 16.9. The van der Waals surface area contributed by atoms with Gasteiger partial charge in [-0.05, 0) is 43.3 Å². The Balaban J connectivity index is 1.24. The van der Waals surface area contributed by atoms with Gasteiger partial charge in [0.2, 0.25) is 0 Å². The van der Waals surface area contributed by atoms with Gasteiger partial charge in [-0.3, -0.25) is 29.0 Å². The molecule has 0 aliphatic carbocycles. The van der Waals surface area contributed by atoms with Crippen molar-refractivity contribution in [2.45, 2.75) is 6.92 Å². The first-order chi connectivity index (χ1) is 17.8. The molecule has 0 radical (unpaired) electrons. The van der Waals surface area contributed by atoms with E-state index in [0.29, 0.717) is 0 Å². The Bertz CT molecular complexity index is 1350. The van der Waals surface area contributed by atoms with E-state index < -0.39 is 48.7 Å². The number of carbonyl (C=O) groups is 6. The molecule has 10 heteroatoms. The molecular weight excluding hydrogens is 480 g/mol. The van der Waals surface area contributed by atoms with E-state index >= 15 is 0 Å². The highest BCUT2D eigenvalue weighted by molar-refractivity contribution is 6.23. The van der Waals surface area contributed by atoms with E-state index in [2.05, 4.69) is 0 Å². The number of nitrogens with zero attached hydrogens (tertiary/aromatic N) is 2. The lowest BCUT2D eigenvalue weighted by molar-refractivity contribution is -0.135. The van der Waals surface area contributed by atoms with Crippen LogP contribution in [0.5, 0.6) is 11.5 Å². The molecule has 3 aromatic carbocycles. The Labute approximate surface area is 210 Å². The highest BCUT2D eigenvalue weighted by Gasteiger charge is 2.38. The number of rotatable bonds is 6. The van der Waals surface area contributed by atoms with Crippen LogP contribution in [0.1, 0.15) is 47.0 Å². The molecule has 0 aromatic heterocycles. The zero-order valence-electron chi connectivity index (χ0n) is 19.4. The highest BCUT2D eigenvalue weighted by Crippen LogP contribution is 2.29. The van der Waals surface area contributed by atoms with Crippen LogP contribution in [0.15, 0.2) is 66.7 Å². The Morgan fingerprint density at radius 1 is 0.568 bits per heavy atom. The number of esters is 2. The summed E-state index contributed by atoms with van der Waals surface area (Å²) in [5.41, 5.74) is 1.13. The number of imide groups is 2. The third-order valence-electron chi connectivity index (χ3n) is 6.01. The Hall–Kier alpha value is -5.12. The summed E-state index contributed by atoms with van der Waals surface area (Å²) >= 11 is 0. The molecule has 37 heavy (non-hydrogen) atoms. The summed E-state index contributed by atoms with van der Waals surface area (Å²) in [6.45, 7) is 0.334. The van der Waals surface area contributed by atoms with E-state index in [-0.39, 0.29) is 39.3 Å². The second-order valence-corrected chi connectivity index (χ2v) is 8.31. The monoisotopic (exact) mass is 498 g/mol. The minimum absolute atomic E-state index is 0.0487. The second kappa shape index (κ2) is 9.15. The molecule has 0 saturated carbocycles. The van der Waals surface area contributed by atoms with Crippen molar-refractivity contribution in [2.24, 2.45) is 0 Å². The van der Waals surface area contributed by atoms with Crippen LogP contribution in [0, 0.1) is 6.92 Å². The molecule has 2 aliphatic heterocycles. The molecule has 2 heterocycles. The summed E-state index contributed by atoms with van der Waals surface area (Å²) in [5.74, 6) is -4.01. The largest absolute Gasteiger partial charge is 0.425 e. The number of amides is 4. The molecule has 0 saturated heterocycles. The van der Waals surface area contributed by atoms with E-state index in [4.69, 9.17) is 9.47 Å². The lowest BCUT2D eigenvalue weighted by atomic mass is 10.1. The zero-order chi connectivity index (χ0) is 26.3. The van der Waals surface area contributed by atoms with Gasteiger partial charge in [-0.15, -0.1) is 0 Å². The summed E-state index contributed by atoms with van der Waals surface area (Å²) in [6.07, 6.45) is 0. The van der Waals surface area contributed by atoms with E-state index in [1.807, 2.05) is 0 Å². The molecule has 0 atom stereocenters. The van der Waals surface area contributed by atoms with Gasteiger partial charge >= 0.3 is 11.9 Å². The van der Waals surface area contributed by atoms with Crippen molar-refractivity contribution < 1.29 is 38.2 Å². The molecular formula is C27H18N2O8. The fraction of sp³-hybridized carbons (Fsp3) is 0.111. The molecule has 2 aliphatic rings. The van der Waals surface area contributed by atoms with E-state index in [9.17, 15) is 28.8 Å². The third kappa shape index (κ3) is 4.14. The van der Waals surface area contributed by atoms with Gasteiger partial charge in [0.15, 0.2) is 0 Å². The maximum Gasteiger partial charge on any atom is 0.331 e. The zero-order valence-corrected chi connectivity index (χ0v) is 19.4. The predicted molar refractivity (Wildman–Crippen MR) is 126 cm³/mol. The average Bonchev–Trinajstić information content (AvgIpc) is 3.27. The SMILES string of the molecule is Cc1c(OC(=O)CN2C(=O)c3ccccc3C2=O)cccc1OC(=O)CN1C(=O)c2ccccc2C1=O. The minimum Gasteiger partial charge on any atom is -0.425 e. The number of benzene rings is 3. The van der Waals surface area contributed by atoms with Gasteiger partial charge in [-0.2, -0.15) is 0 Å². The summed E-state index contributed by atoms with van der Waals surface area (Å²) in [5, 5.41) is 0. The second-order valence-electron chi connectivity index (χ2n) is 8.31. The summed E-state index contributed by atoms with van der Waals surface area (Å²) in [7, 11) is 0. The molecule has 0 N–H and O–H groups in total. The van der Waals surface area contributed by atoms with E-state index in [1.165, 1.54) is 49.4 Å². The molecule has 0 fully saturated rings. The molecule has 3 aromatic rings. The molecule has 0 spiro atoms. The minimum atomic E-state index is -0.868. The van der Waals surface area contributed by atoms with Crippen LogP contribution >= 0.6 is 0 Å². The molecule has 4 amide bonds. The molecule has 10 nitrogen and oxygen atoms in total. The van der Waals surface area contributed by atoms with Crippen LogP contribution < -0.4 is 9.47 Å². The van der Waals surface area contributed by atoms with Crippen molar-refractivity contribution >= 4 is 35.6 Å². The fourth-order valence-electron chi connectivity index (χ4n) is 4.15. The topological polar surface area (TPSA) is 127 Å². The maximum absolute atomic E-state index is 12.5. The van der Waals surface area contributed by atoms with Gasteiger partial charge in [0.25, 0.3) is 23.6 Å². The van der Waals surface area contributed by atoms with Crippen LogP contribution in [0.3, 0.4) is 0 Å². The number of ether oxygens (including phenoxy) is 2. The maximum atomic E-state index is 12.5. The quantitative estimate of drug-likeness (QED) is 0.288. The van der Waals surface area contributed by atoms with Crippen LogP contribution in [0.2, 0.25) is 0 Å². The van der Waals surface area contributed by atoms with Gasteiger partial charge in [-0.25, -0.2) is 9.59 Å². The smallest absolute Gasteiger partial charge is 0.331 e. The fourth-order valence-corrected chi connectivity index (χ4v) is 4.15. The molecule has 5 rings (SSSR count). The number of fused-ring (bicyclic) bond motifs is 2. The Kier molecular flexibility index (Phi) is 5.84.